The zero-order valence-corrected chi connectivity index (χ0v) is 11.7. The fourth-order valence-electron chi connectivity index (χ4n) is 2.06. The largest absolute Gasteiger partial charge is 0.354 e. The predicted molar refractivity (Wildman–Crippen MR) is 74.5 cm³/mol. The molecule has 0 radical (unpaired) electrons. The van der Waals surface area contributed by atoms with Crippen LogP contribution in [-0.2, 0) is 13.0 Å². The highest BCUT2D eigenvalue weighted by molar-refractivity contribution is 5.43. The van der Waals surface area contributed by atoms with Crippen LogP contribution >= 0.6 is 0 Å². The number of aryl methyl sites for hydroxylation is 1. The third kappa shape index (κ3) is 3.70. The summed E-state index contributed by atoms with van der Waals surface area (Å²) in [5.41, 5.74) is 2.49. The minimum atomic E-state index is 0.488. The molecule has 3 heteroatoms. The van der Waals surface area contributed by atoms with Gasteiger partial charge in [0, 0.05) is 24.8 Å². The van der Waals surface area contributed by atoms with E-state index >= 15 is 0 Å². The Hall–Kier alpha value is -1.09. The van der Waals surface area contributed by atoms with Crippen LogP contribution in [0.3, 0.4) is 0 Å². The van der Waals surface area contributed by atoms with Crippen LogP contribution in [0.1, 0.15) is 39.0 Å². The van der Waals surface area contributed by atoms with Crippen LogP contribution in [0.5, 0.6) is 0 Å². The second-order valence-electron chi connectivity index (χ2n) is 4.59. The molecule has 1 rings (SSSR count). The Balaban J connectivity index is 3.08. The van der Waals surface area contributed by atoms with Gasteiger partial charge in [0.2, 0.25) is 0 Å². The summed E-state index contributed by atoms with van der Waals surface area (Å²) in [6, 6.07) is 4.87. The number of hydrogen-bond donors (Lipinski definition) is 1. The van der Waals surface area contributed by atoms with Crippen LogP contribution < -0.4 is 10.2 Å². The van der Waals surface area contributed by atoms with Gasteiger partial charge in [-0.25, -0.2) is 4.98 Å². The lowest BCUT2D eigenvalue weighted by molar-refractivity contribution is 0.688. The Morgan fingerprint density at radius 1 is 1.29 bits per heavy atom. The molecule has 0 saturated carbocycles. The van der Waals surface area contributed by atoms with Gasteiger partial charge in [0.15, 0.2) is 0 Å². The monoisotopic (exact) mass is 235 g/mol. The first kappa shape index (κ1) is 14.0. The van der Waals surface area contributed by atoms with Crippen molar-refractivity contribution in [1.82, 2.24) is 10.3 Å². The van der Waals surface area contributed by atoms with Crippen molar-refractivity contribution in [3.8, 4) is 0 Å². The van der Waals surface area contributed by atoms with Gasteiger partial charge >= 0.3 is 0 Å². The second-order valence-corrected chi connectivity index (χ2v) is 4.59. The van der Waals surface area contributed by atoms with E-state index in [1.165, 1.54) is 11.3 Å². The van der Waals surface area contributed by atoms with Crippen LogP contribution in [-0.4, -0.2) is 24.6 Å². The Morgan fingerprint density at radius 3 is 2.47 bits per heavy atom. The quantitative estimate of drug-likeness (QED) is 0.821. The average Bonchev–Trinajstić information content (AvgIpc) is 2.29. The lowest BCUT2D eigenvalue weighted by atomic mass is 10.1. The van der Waals surface area contributed by atoms with E-state index in [0.717, 1.165) is 25.3 Å². The van der Waals surface area contributed by atoms with E-state index in [2.05, 4.69) is 50.0 Å². The number of aromatic nitrogens is 1. The normalized spacial score (nSPS) is 10.9. The van der Waals surface area contributed by atoms with E-state index in [0.29, 0.717) is 6.04 Å². The number of rotatable bonds is 6. The number of hydrogen-bond acceptors (Lipinski definition) is 3. The van der Waals surface area contributed by atoms with Crippen molar-refractivity contribution in [2.45, 2.75) is 46.7 Å². The molecule has 0 aliphatic heterocycles. The standard InChI is InChI=1S/C14H25N3/c1-6-13-8-12(10-15-5)9-14(16-13)17(7-2)11(3)4/h8-9,11,15H,6-7,10H2,1-5H3. The van der Waals surface area contributed by atoms with Gasteiger partial charge in [-0.15, -0.1) is 0 Å². The number of nitrogens with one attached hydrogen (secondary N) is 1. The SMILES string of the molecule is CCc1cc(CNC)cc(N(CC)C(C)C)n1. The molecular formula is C14H25N3. The Bertz CT molecular complexity index is 347. The van der Waals surface area contributed by atoms with Gasteiger partial charge in [0.05, 0.1) is 0 Å². The van der Waals surface area contributed by atoms with Crippen molar-refractivity contribution < 1.29 is 0 Å². The topological polar surface area (TPSA) is 28.2 Å². The molecule has 0 aromatic carbocycles. The predicted octanol–water partition coefficient (Wildman–Crippen LogP) is 2.60. The van der Waals surface area contributed by atoms with Crippen LogP contribution in [0, 0.1) is 0 Å². The summed E-state index contributed by atoms with van der Waals surface area (Å²) >= 11 is 0. The molecule has 17 heavy (non-hydrogen) atoms. The summed E-state index contributed by atoms with van der Waals surface area (Å²) in [4.78, 5) is 7.06. The third-order valence-electron chi connectivity index (χ3n) is 2.93. The molecule has 0 aliphatic carbocycles. The van der Waals surface area contributed by atoms with E-state index in [1.807, 2.05) is 7.05 Å². The number of pyridine rings is 1. The van der Waals surface area contributed by atoms with Crippen LogP contribution in [0.25, 0.3) is 0 Å². The summed E-state index contributed by atoms with van der Waals surface area (Å²) in [6.45, 7) is 10.6. The van der Waals surface area contributed by atoms with Gasteiger partial charge in [0.25, 0.3) is 0 Å². The molecule has 1 aromatic heterocycles. The van der Waals surface area contributed by atoms with E-state index in [-0.39, 0.29) is 0 Å². The minimum absolute atomic E-state index is 0.488. The maximum atomic E-state index is 4.72. The lowest BCUT2D eigenvalue weighted by Gasteiger charge is -2.27. The fraction of sp³-hybridized carbons (Fsp3) is 0.643. The fourth-order valence-corrected chi connectivity index (χ4v) is 2.06. The molecule has 0 fully saturated rings. The first-order valence-corrected chi connectivity index (χ1v) is 6.53. The third-order valence-corrected chi connectivity index (χ3v) is 2.93. The Morgan fingerprint density at radius 2 is 2.00 bits per heavy atom. The van der Waals surface area contributed by atoms with Gasteiger partial charge in [-0.05, 0) is 51.9 Å². The average molecular weight is 235 g/mol. The Labute approximate surface area is 105 Å². The number of anilines is 1. The zero-order chi connectivity index (χ0) is 12.8. The van der Waals surface area contributed by atoms with Gasteiger partial charge in [-0.3, -0.25) is 0 Å². The molecule has 0 aliphatic rings. The minimum Gasteiger partial charge on any atom is -0.354 e. The van der Waals surface area contributed by atoms with Crippen LogP contribution in [0.15, 0.2) is 12.1 Å². The summed E-state index contributed by atoms with van der Waals surface area (Å²) in [7, 11) is 1.98. The summed E-state index contributed by atoms with van der Waals surface area (Å²) in [5, 5.41) is 3.20. The van der Waals surface area contributed by atoms with Crippen molar-refractivity contribution in [1.29, 1.82) is 0 Å². The summed E-state index contributed by atoms with van der Waals surface area (Å²) in [5.74, 6) is 1.10. The molecule has 0 saturated heterocycles. The molecule has 3 nitrogen and oxygen atoms in total. The number of nitrogens with zero attached hydrogens (tertiary/aromatic N) is 2. The molecule has 1 aromatic rings. The Kier molecular flexibility index (Phi) is 5.42. The molecule has 0 unspecified atom stereocenters. The first-order chi connectivity index (χ1) is 8.12. The van der Waals surface area contributed by atoms with Crippen molar-refractivity contribution in [3.63, 3.8) is 0 Å². The van der Waals surface area contributed by atoms with Crippen LogP contribution in [0.4, 0.5) is 5.82 Å². The highest BCUT2D eigenvalue weighted by Crippen LogP contribution is 2.17. The highest BCUT2D eigenvalue weighted by Gasteiger charge is 2.11. The molecule has 0 bridgehead atoms. The molecule has 0 atom stereocenters. The lowest BCUT2D eigenvalue weighted by Crippen LogP contribution is -2.31. The molecule has 0 amide bonds. The van der Waals surface area contributed by atoms with Gasteiger partial charge in [0.1, 0.15) is 5.82 Å². The van der Waals surface area contributed by atoms with Gasteiger partial charge in [-0.1, -0.05) is 6.92 Å². The van der Waals surface area contributed by atoms with Gasteiger partial charge < -0.3 is 10.2 Å². The van der Waals surface area contributed by atoms with Crippen molar-refractivity contribution in [2.24, 2.45) is 0 Å². The molecule has 96 valence electrons. The van der Waals surface area contributed by atoms with E-state index in [1.54, 1.807) is 0 Å². The smallest absolute Gasteiger partial charge is 0.129 e. The van der Waals surface area contributed by atoms with Crippen molar-refractivity contribution in [2.75, 3.05) is 18.5 Å². The molecule has 1 heterocycles. The van der Waals surface area contributed by atoms with E-state index < -0.39 is 0 Å². The molecule has 0 spiro atoms. The van der Waals surface area contributed by atoms with Gasteiger partial charge in [-0.2, -0.15) is 0 Å². The molecular weight excluding hydrogens is 210 g/mol. The van der Waals surface area contributed by atoms with Crippen molar-refractivity contribution >= 4 is 5.82 Å². The molecule has 1 N–H and O–H groups in total. The van der Waals surface area contributed by atoms with E-state index in [4.69, 9.17) is 4.98 Å². The maximum absolute atomic E-state index is 4.72. The second kappa shape index (κ2) is 6.60. The summed E-state index contributed by atoms with van der Waals surface area (Å²) < 4.78 is 0. The maximum Gasteiger partial charge on any atom is 0.129 e. The highest BCUT2D eigenvalue weighted by atomic mass is 15.2. The first-order valence-electron chi connectivity index (χ1n) is 6.53. The van der Waals surface area contributed by atoms with E-state index in [9.17, 15) is 0 Å². The summed E-state index contributed by atoms with van der Waals surface area (Å²) in [6.07, 6.45) is 0.986. The zero-order valence-electron chi connectivity index (χ0n) is 11.7. The van der Waals surface area contributed by atoms with Crippen LogP contribution in [0.2, 0.25) is 0 Å². The van der Waals surface area contributed by atoms with Crippen molar-refractivity contribution in [3.05, 3.63) is 23.4 Å².